The fourth-order valence-electron chi connectivity index (χ4n) is 2.54. The Morgan fingerprint density at radius 2 is 1.88 bits per heavy atom. The Kier molecular flexibility index (Phi) is 3.43. The molecule has 1 aromatic carbocycles. The van der Waals surface area contributed by atoms with E-state index in [2.05, 4.69) is 43.9 Å². The number of nitrogens with zero attached hydrogens (tertiary/aromatic N) is 1. The average molecular weight is 232 g/mol. The summed E-state index contributed by atoms with van der Waals surface area (Å²) in [5.74, 6) is 0. The van der Waals surface area contributed by atoms with Crippen LogP contribution in [0.5, 0.6) is 0 Å². The second-order valence-electron chi connectivity index (χ2n) is 5.99. The lowest BCUT2D eigenvalue weighted by atomic mass is 9.82. The predicted molar refractivity (Wildman–Crippen MR) is 74.3 cm³/mol. The first kappa shape index (κ1) is 12.4. The number of anilines is 1. The molecule has 0 spiro atoms. The summed E-state index contributed by atoms with van der Waals surface area (Å²) in [5.41, 5.74) is 10.3. The maximum absolute atomic E-state index is 5.85. The van der Waals surface area contributed by atoms with Crippen molar-refractivity contribution in [2.45, 2.75) is 40.2 Å². The van der Waals surface area contributed by atoms with Crippen molar-refractivity contribution in [2.75, 3.05) is 18.0 Å². The summed E-state index contributed by atoms with van der Waals surface area (Å²) >= 11 is 0. The zero-order valence-electron chi connectivity index (χ0n) is 11.3. The lowest BCUT2D eigenvalue weighted by molar-refractivity contribution is 0.279. The van der Waals surface area contributed by atoms with E-state index < -0.39 is 0 Å². The van der Waals surface area contributed by atoms with Crippen LogP contribution in [-0.2, 0) is 6.54 Å². The van der Waals surface area contributed by atoms with Gasteiger partial charge in [-0.25, -0.2) is 0 Å². The molecule has 0 radical (unpaired) electrons. The fraction of sp³-hybridized carbons (Fsp3) is 0.600. The Labute approximate surface area is 105 Å². The predicted octanol–water partition coefficient (Wildman–Crippen LogP) is 3.08. The first-order valence-electron chi connectivity index (χ1n) is 6.56. The topological polar surface area (TPSA) is 29.3 Å². The quantitative estimate of drug-likeness (QED) is 0.849. The van der Waals surface area contributed by atoms with Crippen molar-refractivity contribution in [3.8, 4) is 0 Å². The first-order valence-corrected chi connectivity index (χ1v) is 6.56. The second-order valence-corrected chi connectivity index (χ2v) is 5.99. The van der Waals surface area contributed by atoms with E-state index in [-0.39, 0.29) is 0 Å². The van der Waals surface area contributed by atoms with Crippen molar-refractivity contribution in [3.63, 3.8) is 0 Å². The Balaban J connectivity index is 2.18. The van der Waals surface area contributed by atoms with Crippen LogP contribution >= 0.6 is 0 Å². The molecule has 0 amide bonds. The molecule has 1 aliphatic heterocycles. The number of aryl methyl sites for hydroxylation is 1. The molecule has 2 rings (SSSR count). The minimum atomic E-state index is 0.504. The number of hydrogen-bond acceptors (Lipinski definition) is 2. The van der Waals surface area contributed by atoms with Gasteiger partial charge in [-0.3, -0.25) is 0 Å². The van der Waals surface area contributed by atoms with Crippen molar-refractivity contribution in [2.24, 2.45) is 11.1 Å². The molecule has 1 aromatic rings. The normalized spacial score (nSPS) is 19.4. The van der Waals surface area contributed by atoms with Gasteiger partial charge in [-0.05, 0) is 36.8 Å². The van der Waals surface area contributed by atoms with Crippen molar-refractivity contribution in [1.82, 2.24) is 0 Å². The smallest absolute Gasteiger partial charge is 0.0411 e. The molecule has 1 heterocycles. The maximum Gasteiger partial charge on any atom is 0.0411 e. The monoisotopic (exact) mass is 232 g/mol. The minimum absolute atomic E-state index is 0.504. The molecule has 2 nitrogen and oxygen atoms in total. The number of rotatable bonds is 2. The highest BCUT2D eigenvalue weighted by atomic mass is 15.1. The molecule has 0 aliphatic carbocycles. The number of piperidine rings is 1. The average Bonchev–Trinajstić information content (AvgIpc) is 2.29. The number of nitrogens with two attached hydrogens (primary N) is 1. The minimum Gasteiger partial charge on any atom is -0.371 e. The van der Waals surface area contributed by atoms with Crippen LogP contribution in [0.15, 0.2) is 18.2 Å². The Bertz CT molecular complexity index is 386. The third-order valence-electron chi connectivity index (χ3n) is 3.91. The molecule has 0 atom stereocenters. The highest BCUT2D eigenvalue weighted by Crippen LogP contribution is 2.33. The van der Waals surface area contributed by atoms with Crippen LogP contribution in [0.25, 0.3) is 0 Å². The molecule has 0 aromatic heterocycles. The summed E-state index contributed by atoms with van der Waals surface area (Å²) in [6.45, 7) is 9.80. The zero-order chi connectivity index (χ0) is 12.5. The van der Waals surface area contributed by atoms with Gasteiger partial charge in [-0.1, -0.05) is 31.5 Å². The van der Waals surface area contributed by atoms with Crippen LogP contribution in [0.2, 0.25) is 0 Å². The second kappa shape index (κ2) is 4.69. The van der Waals surface area contributed by atoms with Crippen LogP contribution in [0, 0.1) is 12.3 Å². The Morgan fingerprint density at radius 3 is 2.47 bits per heavy atom. The standard InChI is InChI=1S/C15H24N2/c1-12-4-5-14(13(10-12)11-16)17-8-6-15(2,3)7-9-17/h4-5,10H,6-9,11,16H2,1-3H3. The fourth-order valence-corrected chi connectivity index (χ4v) is 2.54. The van der Waals surface area contributed by atoms with Gasteiger partial charge in [0, 0.05) is 25.3 Å². The lowest BCUT2D eigenvalue weighted by Crippen LogP contribution is -2.37. The van der Waals surface area contributed by atoms with Crippen molar-refractivity contribution in [3.05, 3.63) is 29.3 Å². The lowest BCUT2D eigenvalue weighted by Gasteiger charge is -2.39. The molecule has 17 heavy (non-hydrogen) atoms. The van der Waals surface area contributed by atoms with Gasteiger partial charge in [-0.15, -0.1) is 0 Å². The van der Waals surface area contributed by atoms with Gasteiger partial charge in [0.2, 0.25) is 0 Å². The molecule has 2 heteroatoms. The Hall–Kier alpha value is -1.02. The van der Waals surface area contributed by atoms with E-state index >= 15 is 0 Å². The van der Waals surface area contributed by atoms with Crippen LogP contribution < -0.4 is 10.6 Å². The molecule has 0 unspecified atom stereocenters. The summed E-state index contributed by atoms with van der Waals surface area (Å²) in [7, 11) is 0. The summed E-state index contributed by atoms with van der Waals surface area (Å²) in [4.78, 5) is 2.49. The summed E-state index contributed by atoms with van der Waals surface area (Å²) in [5, 5.41) is 0. The van der Waals surface area contributed by atoms with Gasteiger partial charge in [0.25, 0.3) is 0 Å². The van der Waals surface area contributed by atoms with Gasteiger partial charge in [0.1, 0.15) is 0 Å². The molecule has 1 fully saturated rings. The molecule has 1 aliphatic rings. The van der Waals surface area contributed by atoms with Gasteiger partial charge < -0.3 is 10.6 Å². The zero-order valence-corrected chi connectivity index (χ0v) is 11.3. The van der Waals surface area contributed by atoms with E-state index in [1.165, 1.54) is 29.7 Å². The van der Waals surface area contributed by atoms with E-state index in [1.54, 1.807) is 0 Å². The van der Waals surface area contributed by atoms with Crippen LogP contribution in [0.3, 0.4) is 0 Å². The highest BCUT2D eigenvalue weighted by molar-refractivity contribution is 5.55. The molecule has 94 valence electrons. The van der Waals surface area contributed by atoms with E-state index in [0.717, 1.165) is 13.1 Å². The van der Waals surface area contributed by atoms with Crippen LogP contribution in [0.1, 0.15) is 37.8 Å². The number of hydrogen-bond donors (Lipinski definition) is 1. The van der Waals surface area contributed by atoms with Gasteiger partial charge in [0.05, 0.1) is 0 Å². The van der Waals surface area contributed by atoms with Crippen molar-refractivity contribution in [1.29, 1.82) is 0 Å². The molecule has 1 saturated heterocycles. The van der Waals surface area contributed by atoms with Crippen LogP contribution in [0.4, 0.5) is 5.69 Å². The Morgan fingerprint density at radius 1 is 1.24 bits per heavy atom. The molecule has 2 N–H and O–H groups in total. The summed E-state index contributed by atoms with van der Waals surface area (Å²) in [6, 6.07) is 6.64. The van der Waals surface area contributed by atoms with Gasteiger partial charge >= 0.3 is 0 Å². The van der Waals surface area contributed by atoms with Crippen LogP contribution in [-0.4, -0.2) is 13.1 Å². The van der Waals surface area contributed by atoms with E-state index in [0.29, 0.717) is 12.0 Å². The molecule has 0 saturated carbocycles. The van der Waals surface area contributed by atoms with E-state index in [9.17, 15) is 0 Å². The SMILES string of the molecule is Cc1ccc(N2CCC(C)(C)CC2)c(CN)c1. The van der Waals surface area contributed by atoms with Gasteiger partial charge in [-0.2, -0.15) is 0 Å². The molecular weight excluding hydrogens is 208 g/mol. The first-order chi connectivity index (χ1) is 8.02. The van der Waals surface area contributed by atoms with Gasteiger partial charge in [0.15, 0.2) is 0 Å². The summed E-state index contributed by atoms with van der Waals surface area (Å²) in [6.07, 6.45) is 2.54. The third kappa shape index (κ3) is 2.81. The maximum atomic E-state index is 5.85. The van der Waals surface area contributed by atoms with Crippen molar-refractivity contribution < 1.29 is 0 Å². The molecular formula is C15H24N2. The summed E-state index contributed by atoms with van der Waals surface area (Å²) < 4.78 is 0. The van der Waals surface area contributed by atoms with E-state index in [1.807, 2.05) is 0 Å². The molecule has 0 bridgehead atoms. The largest absolute Gasteiger partial charge is 0.371 e. The van der Waals surface area contributed by atoms with Crippen molar-refractivity contribution >= 4 is 5.69 Å². The highest BCUT2D eigenvalue weighted by Gasteiger charge is 2.26. The third-order valence-corrected chi connectivity index (χ3v) is 3.91. The van der Waals surface area contributed by atoms with E-state index in [4.69, 9.17) is 5.73 Å². The number of benzene rings is 1.